The van der Waals surface area contributed by atoms with E-state index in [4.69, 9.17) is 4.74 Å². The second-order valence-corrected chi connectivity index (χ2v) is 9.61. The van der Waals surface area contributed by atoms with Gasteiger partial charge >= 0.3 is 12.4 Å². The van der Waals surface area contributed by atoms with Crippen LogP contribution in [-0.2, 0) is 22.4 Å². The third-order valence-electron chi connectivity index (χ3n) is 5.49. The minimum Gasteiger partial charge on any atom is -0.487 e. The number of rotatable bonds is 4. The molecule has 4 heterocycles. The Bertz CT molecular complexity index is 1110. The highest BCUT2D eigenvalue weighted by Gasteiger charge is 2.42. The zero-order valence-electron chi connectivity index (χ0n) is 16.8. The molecular weight excluding hydrogens is 478 g/mol. The van der Waals surface area contributed by atoms with Gasteiger partial charge in [-0.25, -0.2) is 18.4 Å². The fourth-order valence-corrected chi connectivity index (χ4v) is 5.35. The first-order chi connectivity index (χ1) is 15.3. The van der Waals surface area contributed by atoms with Crippen LogP contribution in [-0.4, -0.2) is 65.9 Å². The summed E-state index contributed by atoms with van der Waals surface area (Å²) in [5, 5.41) is -0.674. The highest BCUT2D eigenvalue weighted by Crippen LogP contribution is 2.32. The molecule has 2 fully saturated rings. The molecule has 0 N–H and O–H groups in total. The molecule has 2 aliphatic rings. The number of piperazine rings is 1. The summed E-state index contributed by atoms with van der Waals surface area (Å²) in [5.41, 5.74) is -2.33. The molecule has 180 valence electrons. The van der Waals surface area contributed by atoms with Crippen LogP contribution in [0.3, 0.4) is 0 Å². The lowest BCUT2D eigenvalue weighted by atomic mass is 10.2. The molecule has 0 bridgehead atoms. The van der Waals surface area contributed by atoms with E-state index in [1.165, 1.54) is 6.07 Å². The quantitative estimate of drug-likeness (QED) is 0.606. The van der Waals surface area contributed by atoms with Crippen molar-refractivity contribution in [1.82, 2.24) is 19.2 Å². The first-order valence-corrected chi connectivity index (χ1v) is 11.3. The van der Waals surface area contributed by atoms with Gasteiger partial charge in [-0.2, -0.15) is 30.6 Å². The van der Waals surface area contributed by atoms with Crippen LogP contribution in [0.15, 0.2) is 41.6 Å². The van der Waals surface area contributed by atoms with Gasteiger partial charge in [0.2, 0.25) is 0 Å². The number of sulfonamides is 1. The summed E-state index contributed by atoms with van der Waals surface area (Å²) >= 11 is 0. The van der Waals surface area contributed by atoms with Crippen molar-refractivity contribution in [3.8, 4) is 5.75 Å². The van der Waals surface area contributed by atoms with Gasteiger partial charge in [-0.1, -0.05) is 6.07 Å². The maximum atomic E-state index is 12.9. The zero-order chi connectivity index (χ0) is 24.0. The highest BCUT2D eigenvalue weighted by molar-refractivity contribution is 7.89. The Labute approximate surface area is 185 Å². The Hall–Kier alpha value is -2.45. The van der Waals surface area contributed by atoms with E-state index >= 15 is 0 Å². The number of hydrogen-bond acceptors (Lipinski definition) is 6. The van der Waals surface area contributed by atoms with Crippen molar-refractivity contribution in [2.24, 2.45) is 0 Å². The second-order valence-electron chi connectivity index (χ2n) is 7.72. The number of aromatic nitrogens is 2. The van der Waals surface area contributed by atoms with Crippen LogP contribution < -0.4 is 4.74 Å². The van der Waals surface area contributed by atoms with E-state index in [1.807, 2.05) is 4.90 Å². The minimum absolute atomic E-state index is 0.0331. The molecule has 0 aromatic carbocycles. The van der Waals surface area contributed by atoms with Crippen LogP contribution in [0.5, 0.6) is 5.75 Å². The summed E-state index contributed by atoms with van der Waals surface area (Å²) in [5.74, 6) is 0.158. The molecular formula is C19H18F6N4O3S. The third kappa shape index (κ3) is 5.06. The lowest BCUT2D eigenvalue weighted by molar-refractivity contribution is -0.142. The van der Waals surface area contributed by atoms with Gasteiger partial charge < -0.3 is 4.74 Å². The molecule has 2 aromatic rings. The lowest BCUT2D eigenvalue weighted by Gasteiger charge is -2.36. The molecule has 14 heteroatoms. The van der Waals surface area contributed by atoms with E-state index in [0.29, 0.717) is 25.6 Å². The van der Waals surface area contributed by atoms with Gasteiger partial charge in [-0.3, -0.25) is 4.90 Å². The summed E-state index contributed by atoms with van der Waals surface area (Å²) in [6, 6.07) is 4.45. The average molecular weight is 496 g/mol. The Morgan fingerprint density at radius 2 is 1.67 bits per heavy atom. The van der Waals surface area contributed by atoms with Crippen molar-refractivity contribution < 1.29 is 39.5 Å². The van der Waals surface area contributed by atoms with Crippen LogP contribution in [0.2, 0.25) is 0 Å². The SMILES string of the molecule is O=S(=O)(c1cccc(C(F)(F)F)n1)N1CCN2C[C@H](Oc3ccc(C(F)(F)F)nc3)C[C@H]2C1. The molecule has 7 nitrogen and oxygen atoms in total. The summed E-state index contributed by atoms with van der Waals surface area (Å²) in [4.78, 5) is 8.62. The van der Waals surface area contributed by atoms with Crippen LogP contribution >= 0.6 is 0 Å². The maximum Gasteiger partial charge on any atom is 0.433 e. The van der Waals surface area contributed by atoms with Crippen LogP contribution in [0, 0.1) is 0 Å². The van der Waals surface area contributed by atoms with Crippen molar-refractivity contribution in [3.05, 3.63) is 47.9 Å². The van der Waals surface area contributed by atoms with Crippen LogP contribution in [0.1, 0.15) is 17.8 Å². The lowest BCUT2D eigenvalue weighted by Crippen LogP contribution is -2.52. The topological polar surface area (TPSA) is 75.6 Å². The van der Waals surface area contributed by atoms with Crippen LogP contribution in [0.4, 0.5) is 26.3 Å². The Morgan fingerprint density at radius 3 is 2.30 bits per heavy atom. The largest absolute Gasteiger partial charge is 0.487 e. The standard InChI is InChI=1S/C19H18F6N4O3S/c20-18(21,22)15-5-4-13(9-26-15)32-14-8-12-10-29(7-6-28(12)11-14)33(30,31)17-3-1-2-16(27-17)19(23,24)25/h1-5,9,12,14H,6-8,10-11H2/t12-,14+/m0/s1. The Morgan fingerprint density at radius 1 is 0.939 bits per heavy atom. The molecule has 0 saturated carbocycles. The van der Waals surface area contributed by atoms with Crippen molar-refractivity contribution in [2.45, 2.75) is 35.9 Å². The first-order valence-electron chi connectivity index (χ1n) is 9.82. The molecule has 0 radical (unpaired) electrons. The predicted molar refractivity (Wildman–Crippen MR) is 102 cm³/mol. The molecule has 2 aromatic heterocycles. The van der Waals surface area contributed by atoms with Gasteiger partial charge in [0.15, 0.2) is 5.03 Å². The fourth-order valence-electron chi connectivity index (χ4n) is 3.93. The molecule has 4 rings (SSSR count). The normalized spacial score (nSPS) is 22.8. The zero-order valence-corrected chi connectivity index (χ0v) is 17.7. The van der Waals surface area contributed by atoms with Crippen molar-refractivity contribution >= 4 is 10.0 Å². The van der Waals surface area contributed by atoms with Crippen molar-refractivity contribution in [3.63, 3.8) is 0 Å². The Balaban J connectivity index is 1.42. The summed E-state index contributed by atoms with van der Waals surface area (Å²) in [6.45, 7) is 0.853. The number of alkyl halides is 6. The van der Waals surface area contributed by atoms with Crippen molar-refractivity contribution in [1.29, 1.82) is 0 Å². The van der Waals surface area contributed by atoms with Crippen molar-refractivity contribution in [2.75, 3.05) is 26.2 Å². The van der Waals surface area contributed by atoms with E-state index < -0.39 is 44.9 Å². The number of nitrogens with zero attached hydrogens (tertiary/aromatic N) is 4. The average Bonchev–Trinajstić information content (AvgIpc) is 3.14. The van der Waals surface area contributed by atoms with E-state index in [0.717, 1.165) is 28.7 Å². The van der Waals surface area contributed by atoms with Crippen LogP contribution in [0.25, 0.3) is 0 Å². The first kappa shape index (κ1) is 23.7. The maximum absolute atomic E-state index is 12.9. The molecule has 2 aliphatic heterocycles. The van der Waals surface area contributed by atoms with E-state index in [9.17, 15) is 34.8 Å². The molecule has 33 heavy (non-hydrogen) atoms. The van der Waals surface area contributed by atoms with Gasteiger partial charge in [0, 0.05) is 38.6 Å². The molecule has 0 aliphatic carbocycles. The molecule has 2 saturated heterocycles. The molecule has 0 spiro atoms. The number of pyridine rings is 2. The third-order valence-corrected chi connectivity index (χ3v) is 7.26. The minimum atomic E-state index is -4.77. The number of hydrogen-bond donors (Lipinski definition) is 0. The molecule has 0 amide bonds. The Kier molecular flexibility index (Phi) is 6.03. The van der Waals surface area contributed by atoms with Gasteiger partial charge in [-0.05, 0) is 24.3 Å². The smallest absolute Gasteiger partial charge is 0.433 e. The van der Waals surface area contributed by atoms with Gasteiger partial charge in [0.1, 0.15) is 23.2 Å². The molecule has 2 atom stereocenters. The monoisotopic (exact) mass is 496 g/mol. The number of fused-ring (bicyclic) bond motifs is 1. The summed E-state index contributed by atoms with van der Waals surface area (Å²) in [6.07, 6.45) is -8.36. The summed E-state index contributed by atoms with van der Waals surface area (Å²) in [7, 11) is -4.24. The van der Waals surface area contributed by atoms with Gasteiger partial charge in [0.05, 0.1) is 6.20 Å². The van der Waals surface area contributed by atoms with Gasteiger partial charge in [0.25, 0.3) is 10.0 Å². The molecule has 0 unspecified atom stereocenters. The number of halogens is 6. The predicted octanol–water partition coefficient (Wildman–Crippen LogP) is 3.04. The highest BCUT2D eigenvalue weighted by atomic mass is 32.2. The fraction of sp³-hybridized carbons (Fsp3) is 0.474. The summed E-state index contributed by atoms with van der Waals surface area (Å²) < 4.78 is 109. The van der Waals surface area contributed by atoms with E-state index in [1.54, 1.807) is 0 Å². The second kappa shape index (κ2) is 8.40. The van der Waals surface area contributed by atoms with Gasteiger partial charge in [-0.15, -0.1) is 0 Å². The van der Waals surface area contributed by atoms with E-state index in [-0.39, 0.29) is 24.9 Å². The van der Waals surface area contributed by atoms with E-state index in [2.05, 4.69) is 9.97 Å². The number of ether oxygens (including phenoxy) is 1.